The lowest BCUT2D eigenvalue weighted by Crippen LogP contribution is -2.40. The Morgan fingerprint density at radius 1 is 1.56 bits per heavy atom. The summed E-state index contributed by atoms with van der Waals surface area (Å²) in [7, 11) is 1.98. The number of nitrogens with zero attached hydrogens (tertiary/aromatic N) is 1. The number of anilines is 2. The minimum absolute atomic E-state index is 0.0431. The van der Waals surface area contributed by atoms with Gasteiger partial charge < -0.3 is 11.1 Å². The number of nitrogens with two attached hydrogens (primary N) is 1. The third kappa shape index (κ3) is 2.94. The van der Waals surface area contributed by atoms with E-state index in [1.54, 1.807) is 18.2 Å². The first kappa shape index (κ1) is 13.2. The summed E-state index contributed by atoms with van der Waals surface area (Å²) in [5.74, 6) is -0.0431. The summed E-state index contributed by atoms with van der Waals surface area (Å²) in [6, 6.07) is 5.45. The van der Waals surface area contributed by atoms with Crippen LogP contribution in [0.1, 0.15) is 19.8 Å². The molecule has 0 bridgehead atoms. The number of carbonyl (C=O) groups excluding carboxylic acids is 1. The zero-order chi connectivity index (χ0) is 13.3. The lowest BCUT2D eigenvalue weighted by Gasteiger charge is -2.23. The van der Waals surface area contributed by atoms with E-state index < -0.39 is 0 Å². The SMILES string of the molecule is CC(C(=O)Nc1ccc(Cl)cc1N)N(C)C1CC1. The van der Waals surface area contributed by atoms with Gasteiger partial charge in [0.1, 0.15) is 0 Å². The second kappa shape index (κ2) is 5.16. The molecule has 0 radical (unpaired) electrons. The number of benzene rings is 1. The zero-order valence-electron chi connectivity index (χ0n) is 10.6. The number of nitrogen functional groups attached to an aromatic ring is 1. The molecule has 98 valence electrons. The number of rotatable bonds is 4. The normalized spacial score (nSPS) is 16.7. The van der Waals surface area contributed by atoms with Crippen molar-refractivity contribution in [3.05, 3.63) is 23.2 Å². The topological polar surface area (TPSA) is 58.4 Å². The first-order valence-corrected chi connectivity index (χ1v) is 6.44. The van der Waals surface area contributed by atoms with Gasteiger partial charge in [0.2, 0.25) is 5.91 Å². The number of nitrogens with one attached hydrogen (secondary N) is 1. The molecule has 1 saturated carbocycles. The van der Waals surface area contributed by atoms with Crippen molar-refractivity contribution in [1.82, 2.24) is 4.90 Å². The second-order valence-corrected chi connectivity index (χ2v) is 5.23. The molecule has 1 amide bonds. The van der Waals surface area contributed by atoms with Gasteiger partial charge in [0.15, 0.2) is 0 Å². The van der Waals surface area contributed by atoms with Gasteiger partial charge in [-0.3, -0.25) is 9.69 Å². The standard InChI is InChI=1S/C13H18ClN3O/c1-8(17(2)10-4-5-10)13(18)16-12-6-3-9(14)7-11(12)15/h3,6-8,10H,4-5,15H2,1-2H3,(H,16,18). The Morgan fingerprint density at radius 3 is 2.78 bits per heavy atom. The third-order valence-electron chi connectivity index (χ3n) is 3.38. The van der Waals surface area contributed by atoms with Crippen molar-refractivity contribution in [2.45, 2.75) is 31.8 Å². The van der Waals surface area contributed by atoms with Crippen LogP contribution in [0, 0.1) is 0 Å². The lowest BCUT2D eigenvalue weighted by molar-refractivity contribution is -0.120. The first-order valence-electron chi connectivity index (χ1n) is 6.07. The van der Waals surface area contributed by atoms with Gasteiger partial charge >= 0.3 is 0 Å². The van der Waals surface area contributed by atoms with Crippen molar-refractivity contribution >= 4 is 28.9 Å². The number of hydrogen-bond acceptors (Lipinski definition) is 3. The fourth-order valence-electron chi connectivity index (χ4n) is 1.87. The van der Waals surface area contributed by atoms with Crippen molar-refractivity contribution in [3.8, 4) is 0 Å². The highest BCUT2D eigenvalue weighted by atomic mass is 35.5. The van der Waals surface area contributed by atoms with Gasteiger partial charge in [-0.1, -0.05) is 11.6 Å². The molecule has 1 fully saturated rings. The predicted octanol–water partition coefficient (Wildman–Crippen LogP) is 2.34. The Morgan fingerprint density at radius 2 is 2.22 bits per heavy atom. The van der Waals surface area contributed by atoms with Crippen LogP contribution in [0.2, 0.25) is 5.02 Å². The lowest BCUT2D eigenvalue weighted by atomic mass is 10.2. The fraction of sp³-hybridized carbons (Fsp3) is 0.462. The van der Waals surface area contributed by atoms with E-state index in [2.05, 4.69) is 10.2 Å². The van der Waals surface area contributed by atoms with Crippen molar-refractivity contribution in [2.24, 2.45) is 0 Å². The maximum Gasteiger partial charge on any atom is 0.241 e. The maximum atomic E-state index is 12.1. The van der Waals surface area contributed by atoms with E-state index in [4.69, 9.17) is 17.3 Å². The molecular weight excluding hydrogens is 250 g/mol. The predicted molar refractivity (Wildman–Crippen MR) is 74.7 cm³/mol. The van der Waals surface area contributed by atoms with Gasteiger partial charge in [0.25, 0.3) is 0 Å². The van der Waals surface area contributed by atoms with Gasteiger partial charge in [-0.15, -0.1) is 0 Å². The van der Waals surface area contributed by atoms with E-state index in [0.717, 1.165) is 0 Å². The monoisotopic (exact) mass is 267 g/mol. The summed E-state index contributed by atoms with van der Waals surface area (Å²) in [5, 5.41) is 3.40. The van der Waals surface area contributed by atoms with Crippen LogP contribution in [0.4, 0.5) is 11.4 Å². The summed E-state index contributed by atoms with van der Waals surface area (Å²) in [6.07, 6.45) is 2.36. The average molecular weight is 268 g/mol. The number of hydrogen-bond donors (Lipinski definition) is 2. The molecule has 1 aromatic carbocycles. The summed E-state index contributed by atoms with van der Waals surface area (Å²) in [5.41, 5.74) is 6.90. The van der Waals surface area contributed by atoms with Gasteiger partial charge in [-0.2, -0.15) is 0 Å². The Hall–Kier alpha value is -1.26. The van der Waals surface area contributed by atoms with Crippen molar-refractivity contribution < 1.29 is 4.79 Å². The number of carbonyl (C=O) groups is 1. The summed E-state index contributed by atoms with van der Waals surface area (Å²) in [4.78, 5) is 14.2. The molecule has 1 atom stereocenters. The van der Waals surface area contributed by atoms with Crippen LogP contribution >= 0.6 is 11.6 Å². The molecule has 18 heavy (non-hydrogen) atoms. The molecule has 0 saturated heterocycles. The average Bonchev–Trinajstić information content (AvgIpc) is 3.14. The molecule has 1 unspecified atom stereocenters. The zero-order valence-corrected chi connectivity index (χ0v) is 11.4. The number of likely N-dealkylation sites (N-methyl/N-ethyl adjacent to an activating group) is 1. The van der Waals surface area contributed by atoms with E-state index in [0.29, 0.717) is 22.4 Å². The molecule has 0 aliphatic heterocycles. The minimum Gasteiger partial charge on any atom is -0.397 e. The van der Waals surface area contributed by atoms with Gasteiger partial charge in [0.05, 0.1) is 17.4 Å². The maximum absolute atomic E-state index is 12.1. The van der Waals surface area contributed by atoms with Crippen LogP contribution in [0.15, 0.2) is 18.2 Å². The van der Waals surface area contributed by atoms with E-state index in [1.165, 1.54) is 12.8 Å². The third-order valence-corrected chi connectivity index (χ3v) is 3.62. The molecule has 1 aliphatic carbocycles. The highest BCUT2D eigenvalue weighted by Gasteiger charge is 2.32. The highest BCUT2D eigenvalue weighted by Crippen LogP contribution is 2.28. The Labute approximate surface area is 112 Å². The second-order valence-electron chi connectivity index (χ2n) is 4.79. The molecule has 1 aromatic rings. The van der Waals surface area contributed by atoms with Gasteiger partial charge in [0, 0.05) is 11.1 Å². The molecule has 2 rings (SSSR count). The molecule has 0 aromatic heterocycles. The van der Waals surface area contributed by atoms with Crippen LogP contribution in [0.3, 0.4) is 0 Å². The van der Waals surface area contributed by atoms with E-state index in [1.807, 2.05) is 14.0 Å². The Bertz CT molecular complexity index is 460. The quantitative estimate of drug-likeness (QED) is 0.824. The van der Waals surface area contributed by atoms with Crippen LogP contribution in [0.5, 0.6) is 0 Å². The Kier molecular flexibility index (Phi) is 3.78. The van der Waals surface area contributed by atoms with Crippen molar-refractivity contribution in [3.63, 3.8) is 0 Å². The van der Waals surface area contributed by atoms with E-state index in [-0.39, 0.29) is 11.9 Å². The minimum atomic E-state index is -0.160. The summed E-state index contributed by atoms with van der Waals surface area (Å²) < 4.78 is 0. The van der Waals surface area contributed by atoms with E-state index in [9.17, 15) is 4.79 Å². The van der Waals surface area contributed by atoms with E-state index >= 15 is 0 Å². The molecule has 0 heterocycles. The molecule has 0 spiro atoms. The molecule has 5 heteroatoms. The van der Waals surface area contributed by atoms with Gasteiger partial charge in [-0.25, -0.2) is 0 Å². The van der Waals surface area contributed by atoms with Crippen LogP contribution < -0.4 is 11.1 Å². The molecule has 4 nitrogen and oxygen atoms in total. The number of halogens is 1. The first-order chi connectivity index (χ1) is 8.49. The van der Waals surface area contributed by atoms with Crippen LogP contribution in [-0.4, -0.2) is 29.9 Å². The molecular formula is C13H18ClN3O. The smallest absolute Gasteiger partial charge is 0.241 e. The van der Waals surface area contributed by atoms with Gasteiger partial charge in [-0.05, 0) is 45.0 Å². The Balaban J connectivity index is 2.01. The van der Waals surface area contributed by atoms with Crippen LogP contribution in [0.25, 0.3) is 0 Å². The van der Waals surface area contributed by atoms with Crippen LogP contribution in [-0.2, 0) is 4.79 Å². The summed E-state index contributed by atoms with van der Waals surface area (Å²) >= 11 is 5.82. The molecule has 1 aliphatic rings. The largest absolute Gasteiger partial charge is 0.397 e. The van der Waals surface area contributed by atoms with Crippen molar-refractivity contribution in [2.75, 3.05) is 18.1 Å². The van der Waals surface area contributed by atoms with Crippen molar-refractivity contribution in [1.29, 1.82) is 0 Å². The number of amides is 1. The fourth-order valence-corrected chi connectivity index (χ4v) is 2.05. The highest BCUT2D eigenvalue weighted by molar-refractivity contribution is 6.31. The molecule has 3 N–H and O–H groups in total. The summed E-state index contributed by atoms with van der Waals surface area (Å²) in [6.45, 7) is 1.90.